The number of halogens is 1. The van der Waals surface area contributed by atoms with E-state index in [1.54, 1.807) is 16.4 Å². The maximum atomic E-state index is 12.6. The van der Waals surface area contributed by atoms with Crippen LogP contribution in [0.3, 0.4) is 0 Å². The maximum Gasteiger partial charge on any atom is 0.243 e. The van der Waals surface area contributed by atoms with Gasteiger partial charge in [0.15, 0.2) is 0 Å². The molecule has 1 aromatic carbocycles. The lowest BCUT2D eigenvalue weighted by Gasteiger charge is -2.23. The summed E-state index contributed by atoms with van der Waals surface area (Å²) in [5.74, 6) is 0. The lowest BCUT2D eigenvalue weighted by Crippen LogP contribution is -2.39. The van der Waals surface area contributed by atoms with E-state index in [1.807, 2.05) is 26.2 Å². The van der Waals surface area contributed by atoms with Crippen LogP contribution in [0.1, 0.15) is 18.4 Å². The highest BCUT2D eigenvalue weighted by Gasteiger charge is 2.34. The number of benzene rings is 1. The highest BCUT2D eigenvalue weighted by atomic mass is 35.5. The number of nitrogens with zero attached hydrogens (tertiary/aromatic N) is 2. The lowest BCUT2D eigenvalue weighted by molar-refractivity contribution is 0.392. The Hall–Kier alpha value is -0.660. The number of sulfonamides is 1. The van der Waals surface area contributed by atoms with Gasteiger partial charge in [-0.15, -0.1) is 12.4 Å². The number of hydrogen-bond donors (Lipinski definition) is 1. The molecular weight excluding hydrogens is 310 g/mol. The van der Waals surface area contributed by atoms with Crippen molar-refractivity contribution in [3.8, 4) is 0 Å². The van der Waals surface area contributed by atoms with Crippen LogP contribution < -0.4 is 5.73 Å². The van der Waals surface area contributed by atoms with Crippen LogP contribution in [0.15, 0.2) is 29.2 Å². The van der Waals surface area contributed by atoms with E-state index in [-0.39, 0.29) is 18.4 Å². The minimum absolute atomic E-state index is 0. The van der Waals surface area contributed by atoms with Gasteiger partial charge in [-0.1, -0.05) is 12.1 Å². The Bertz CT molecular complexity index is 546. The van der Waals surface area contributed by atoms with Crippen molar-refractivity contribution in [3.63, 3.8) is 0 Å². The second-order valence-corrected chi connectivity index (χ2v) is 7.42. The first-order valence-electron chi connectivity index (χ1n) is 6.90. The molecule has 1 saturated heterocycles. The summed E-state index contributed by atoms with van der Waals surface area (Å²) in [4.78, 5) is 2.41. The molecule has 1 atom stereocenters. The zero-order chi connectivity index (χ0) is 14.8. The molecule has 1 aromatic rings. The molecule has 21 heavy (non-hydrogen) atoms. The molecule has 2 rings (SSSR count). The Morgan fingerprint density at radius 2 is 1.90 bits per heavy atom. The smallest absolute Gasteiger partial charge is 0.243 e. The van der Waals surface area contributed by atoms with Gasteiger partial charge in [0.05, 0.1) is 4.90 Å². The van der Waals surface area contributed by atoms with Crippen molar-refractivity contribution in [2.75, 3.05) is 27.2 Å². The fourth-order valence-electron chi connectivity index (χ4n) is 2.63. The van der Waals surface area contributed by atoms with Crippen molar-refractivity contribution < 1.29 is 8.42 Å². The first-order valence-corrected chi connectivity index (χ1v) is 8.34. The van der Waals surface area contributed by atoms with Gasteiger partial charge >= 0.3 is 0 Å². The summed E-state index contributed by atoms with van der Waals surface area (Å²) in [7, 11) is 0.568. The molecule has 7 heteroatoms. The van der Waals surface area contributed by atoms with Crippen LogP contribution >= 0.6 is 12.4 Å². The molecule has 0 aliphatic carbocycles. The molecule has 0 bridgehead atoms. The normalized spacial score (nSPS) is 19.7. The van der Waals surface area contributed by atoms with Gasteiger partial charge in [0, 0.05) is 25.7 Å². The minimum Gasteiger partial charge on any atom is -0.329 e. The fraction of sp³-hybridized carbons (Fsp3) is 0.571. The number of rotatable bonds is 5. The Kier molecular flexibility index (Phi) is 6.62. The van der Waals surface area contributed by atoms with Gasteiger partial charge in [-0.3, -0.25) is 0 Å². The van der Waals surface area contributed by atoms with Crippen molar-refractivity contribution in [1.82, 2.24) is 9.21 Å². The van der Waals surface area contributed by atoms with Gasteiger partial charge < -0.3 is 10.6 Å². The Morgan fingerprint density at radius 3 is 2.43 bits per heavy atom. The van der Waals surface area contributed by atoms with Gasteiger partial charge in [-0.25, -0.2) is 8.42 Å². The number of nitrogens with two attached hydrogens (primary N) is 1. The van der Waals surface area contributed by atoms with Crippen LogP contribution in [0.4, 0.5) is 0 Å². The van der Waals surface area contributed by atoms with E-state index in [0.717, 1.165) is 24.9 Å². The van der Waals surface area contributed by atoms with Gasteiger partial charge in [-0.2, -0.15) is 4.31 Å². The summed E-state index contributed by atoms with van der Waals surface area (Å²) >= 11 is 0. The third-order valence-electron chi connectivity index (χ3n) is 3.62. The van der Waals surface area contributed by atoms with Crippen molar-refractivity contribution in [1.29, 1.82) is 0 Å². The summed E-state index contributed by atoms with van der Waals surface area (Å²) in [6.07, 6.45) is 1.74. The van der Waals surface area contributed by atoms with E-state index < -0.39 is 10.0 Å². The standard InChI is InChI=1S/C14H23N3O2S.ClH/c1-16(2)11-12-5-7-14(8-6-12)20(18,19)17-9-3-4-13(17)10-15;/h5-8,13H,3-4,9-11,15H2,1-2H3;1H. The van der Waals surface area contributed by atoms with Crippen molar-refractivity contribution in [2.45, 2.75) is 30.3 Å². The van der Waals surface area contributed by atoms with Crippen LogP contribution in [0.5, 0.6) is 0 Å². The SMILES string of the molecule is CN(C)Cc1ccc(S(=O)(=O)N2CCCC2CN)cc1.Cl. The average molecular weight is 334 g/mol. The summed E-state index contributed by atoms with van der Waals surface area (Å²) < 4.78 is 26.7. The summed E-state index contributed by atoms with van der Waals surface area (Å²) in [6, 6.07) is 7.09. The molecule has 0 aromatic heterocycles. The average Bonchev–Trinajstić information content (AvgIpc) is 2.87. The van der Waals surface area contributed by atoms with E-state index in [9.17, 15) is 8.42 Å². The molecule has 1 fully saturated rings. The third kappa shape index (κ3) is 4.17. The number of hydrogen-bond acceptors (Lipinski definition) is 4. The molecule has 120 valence electrons. The minimum atomic E-state index is -3.41. The highest BCUT2D eigenvalue weighted by Crippen LogP contribution is 2.25. The van der Waals surface area contributed by atoms with Gasteiger partial charge in [0.1, 0.15) is 0 Å². The molecule has 2 N–H and O–H groups in total. The van der Waals surface area contributed by atoms with Crippen LogP contribution in [0.2, 0.25) is 0 Å². The molecule has 0 amide bonds. The van der Waals surface area contributed by atoms with E-state index >= 15 is 0 Å². The largest absolute Gasteiger partial charge is 0.329 e. The van der Waals surface area contributed by atoms with Crippen LogP contribution in [-0.4, -0.2) is 50.8 Å². The second kappa shape index (κ2) is 7.56. The van der Waals surface area contributed by atoms with Crippen LogP contribution in [0.25, 0.3) is 0 Å². The van der Waals surface area contributed by atoms with Crippen LogP contribution in [0, 0.1) is 0 Å². The molecule has 1 aliphatic heterocycles. The Balaban J connectivity index is 0.00000220. The van der Waals surface area contributed by atoms with E-state index in [1.165, 1.54) is 0 Å². The third-order valence-corrected chi connectivity index (χ3v) is 5.59. The first-order chi connectivity index (χ1) is 9.45. The summed E-state index contributed by atoms with van der Waals surface area (Å²) in [6.45, 7) is 1.76. The first kappa shape index (κ1) is 18.4. The molecule has 1 heterocycles. The molecule has 5 nitrogen and oxygen atoms in total. The second-order valence-electron chi connectivity index (χ2n) is 5.53. The maximum absolute atomic E-state index is 12.6. The predicted molar refractivity (Wildman–Crippen MR) is 87.0 cm³/mol. The topological polar surface area (TPSA) is 66.6 Å². The highest BCUT2D eigenvalue weighted by molar-refractivity contribution is 7.89. The predicted octanol–water partition coefficient (Wildman–Crippen LogP) is 1.28. The van der Waals surface area contributed by atoms with Gasteiger partial charge in [-0.05, 0) is 44.6 Å². The summed E-state index contributed by atoms with van der Waals surface area (Å²) in [5, 5.41) is 0. The van der Waals surface area contributed by atoms with Crippen molar-refractivity contribution in [2.24, 2.45) is 5.73 Å². The molecule has 1 aliphatic rings. The quantitative estimate of drug-likeness (QED) is 0.881. The molecule has 0 radical (unpaired) electrons. The molecule has 1 unspecified atom stereocenters. The van der Waals surface area contributed by atoms with Gasteiger partial charge in [0.2, 0.25) is 10.0 Å². The molecular formula is C14H24ClN3O2S. The molecule has 0 spiro atoms. The zero-order valence-corrected chi connectivity index (χ0v) is 14.2. The van der Waals surface area contributed by atoms with E-state index in [2.05, 4.69) is 4.90 Å². The van der Waals surface area contributed by atoms with Crippen molar-refractivity contribution >= 4 is 22.4 Å². The van der Waals surface area contributed by atoms with Crippen LogP contribution in [-0.2, 0) is 16.6 Å². The van der Waals surface area contributed by atoms with Crippen molar-refractivity contribution in [3.05, 3.63) is 29.8 Å². The van der Waals surface area contributed by atoms with Gasteiger partial charge in [0.25, 0.3) is 0 Å². The Labute approximate surface area is 133 Å². The lowest BCUT2D eigenvalue weighted by atomic mass is 10.2. The monoisotopic (exact) mass is 333 g/mol. The molecule has 0 saturated carbocycles. The zero-order valence-electron chi connectivity index (χ0n) is 12.5. The summed E-state index contributed by atoms with van der Waals surface area (Å²) in [5.41, 5.74) is 6.77. The Morgan fingerprint density at radius 1 is 1.29 bits per heavy atom. The van der Waals surface area contributed by atoms with E-state index in [4.69, 9.17) is 5.73 Å². The van der Waals surface area contributed by atoms with E-state index in [0.29, 0.717) is 18.0 Å². The fourth-order valence-corrected chi connectivity index (χ4v) is 4.33.